The van der Waals surface area contributed by atoms with Crippen molar-refractivity contribution >= 4 is 5.97 Å². The zero-order chi connectivity index (χ0) is 9.26. The summed E-state index contributed by atoms with van der Waals surface area (Å²) in [7, 11) is 0. The summed E-state index contributed by atoms with van der Waals surface area (Å²) in [6, 6.07) is 0. The Balaban J connectivity index is 2.05. The summed E-state index contributed by atoms with van der Waals surface area (Å²) in [6.07, 6.45) is 5.01. The highest BCUT2D eigenvalue weighted by molar-refractivity contribution is 5.70. The van der Waals surface area contributed by atoms with Gasteiger partial charge in [-0.1, -0.05) is 6.42 Å². The second kappa shape index (κ2) is 3.66. The second-order valence-electron chi connectivity index (χ2n) is 4.00. The fourth-order valence-corrected chi connectivity index (χ4v) is 2.15. The van der Waals surface area contributed by atoms with E-state index in [1.165, 1.54) is 6.42 Å². The zero-order valence-electron chi connectivity index (χ0n) is 7.99. The Morgan fingerprint density at radius 3 is 2.69 bits per heavy atom. The van der Waals surface area contributed by atoms with Crippen molar-refractivity contribution in [1.29, 1.82) is 0 Å². The van der Waals surface area contributed by atoms with Gasteiger partial charge in [0.25, 0.3) is 0 Å². The summed E-state index contributed by atoms with van der Waals surface area (Å²) in [5, 5.41) is 0. The van der Waals surface area contributed by atoms with Gasteiger partial charge in [-0.05, 0) is 26.2 Å². The van der Waals surface area contributed by atoms with E-state index in [2.05, 4.69) is 0 Å². The summed E-state index contributed by atoms with van der Waals surface area (Å²) >= 11 is 0. The normalized spacial score (nSPS) is 40.4. The molecule has 0 N–H and O–H groups in total. The molecule has 0 spiro atoms. The Kier molecular flexibility index (Phi) is 2.54. The molecule has 0 aromatic carbocycles. The highest BCUT2D eigenvalue weighted by Crippen LogP contribution is 2.28. The molecule has 0 radical (unpaired) electrons. The fraction of sp³-hybridized carbons (Fsp3) is 0.900. The number of hydrogen-bond donors (Lipinski definition) is 0. The molecule has 1 heterocycles. The van der Waals surface area contributed by atoms with Crippen LogP contribution >= 0.6 is 0 Å². The molecule has 1 saturated carbocycles. The van der Waals surface area contributed by atoms with Crippen molar-refractivity contribution in [2.75, 3.05) is 0 Å². The van der Waals surface area contributed by atoms with Gasteiger partial charge in [-0.15, -0.1) is 0 Å². The SMILES string of the molecule is CC1CC(=O)OC2CCCCC2O1. The molecule has 1 aliphatic carbocycles. The van der Waals surface area contributed by atoms with E-state index in [-0.39, 0.29) is 24.3 Å². The number of esters is 1. The third-order valence-corrected chi connectivity index (χ3v) is 2.79. The van der Waals surface area contributed by atoms with Crippen molar-refractivity contribution in [1.82, 2.24) is 0 Å². The van der Waals surface area contributed by atoms with Crippen molar-refractivity contribution in [3.63, 3.8) is 0 Å². The second-order valence-corrected chi connectivity index (χ2v) is 4.00. The van der Waals surface area contributed by atoms with E-state index in [0.717, 1.165) is 19.3 Å². The number of hydrogen-bond acceptors (Lipinski definition) is 3. The van der Waals surface area contributed by atoms with Gasteiger partial charge in [-0.3, -0.25) is 4.79 Å². The van der Waals surface area contributed by atoms with Crippen LogP contribution in [0.15, 0.2) is 0 Å². The Morgan fingerprint density at radius 2 is 1.92 bits per heavy atom. The standard InChI is InChI=1S/C10H16O3/c1-7-6-10(11)13-9-5-3-2-4-8(9)12-7/h7-9H,2-6H2,1H3. The van der Waals surface area contributed by atoms with Crippen LogP contribution in [0.5, 0.6) is 0 Å². The topological polar surface area (TPSA) is 35.5 Å². The molecule has 74 valence electrons. The van der Waals surface area contributed by atoms with E-state index < -0.39 is 0 Å². The van der Waals surface area contributed by atoms with Crippen LogP contribution < -0.4 is 0 Å². The maximum absolute atomic E-state index is 11.2. The first-order valence-corrected chi connectivity index (χ1v) is 5.10. The van der Waals surface area contributed by atoms with Crippen molar-refractivity contribution in [3.8, 4) is 0 Å². The maximum Gasteiger partial charge on any atom is 0.308 e. The highest BCUT2D eigenvalue weighted by Gasteiger charge is 2.33. The van der Waals surface area contributed by atoms with E-state index in [9.17, 15) is 4.79 Å². The van der Waals surface area contributed by atoms with E-state index in [4.69, 9.17) is 9.47 Å². The van der Waals surface area contributed by atoms with Gasteiger partial charge in [-0.2, -0.15) is 0 Å². The molecule has 1 aliphatic heterocycles. The lowest BCUT2D eigenvalue weighted by molar-refractivity contribution is -0.151. The van der Waals surface area contributed by atoms with E-state index in [1.54, 1.807) is 0 Å². The first-order chi connectivity index (χ1) is 6.25. The fourth-order valence-electron chi connectivity index (χ4n) is 2.15. The van der Waals surface area contributed by atoms with Crippen LogP contribution in [0.3, 0.4) is 0 Å². The highest BCUT2D eigenvalue weighted by atomic mass is 16.6. The average Bonchev–Trinajstić information content (AvgIpc) is 2.20. The molecule has 3 unspecified atom stereocenters. The van der Waals surface area contributed by atoms with Gasteiger partial charge >= 0.3 is 5.97 Å². The molecule has 0 amide bonds. The quantitative estimate of drug-likeness (QED) is 0.537. The molecule has 3 atom stereocenters. The van der Waals surface area contributed by atoms with E-state index in [1.807, 2.05) is 6.92 Å². The minimum absolute atomic E-state index is 0.0283. The summed E-state index contributed by atoms with van der Waals surface area (Å²) in [5.74, 6) is -0.0955. The Hall–Kier alpha value is -0.570. The van der Waals surface area contributed by atoms with Gasteiger partial charge in [0.05, 0.1) is 18.6 Å². The van der Waals surface area contributed by atoms with Crippen LogP contribution in [0, 0.1) is 0 Å². The van der Waals surface area contributed by atoms with E-state index >= 15 is 0 Å². The smallest absolute Gasteiger partial charge is 0.308 e. The Labute approximate surface area is 78.4 Å². The molecule has 0 aromatic heterocycles. The minimum Gasteiger partial charge on any atom is -0.460 e. The van der Waals surface area contributed by atoms with E-state index in [0.29, 0.717) is 6.42 Å². The molecule has 2 rings (SSSR count). The molecule has 13 heavy (non-hydrogen) atoms. The summed E-state index contributed by atoms with van der Waals surface area (Å²) in [4.78, 5) is 11.2. The summed E-state index contributed by atoms with van der Waals surface area (Å²) in [6.45, 7) is 1.94. The predicted octanol–water partition coefficient (Wildman–Crippen LogP) is 1.65. The lowest BCUT2D eigenvalue weighted by atomic mass is 9.94. The minimum atomic E-state index is -0.0955. The van der Waals surface area contributed by atoms with Gasteiger partial charge in [0, 0.05) is 0 Å². The number of rotatable bonds is 0. The molecular weight excluding hydrogens is 168 g/mol. The lowest BCUT2D eigenvalue weighted by Gasteiger charge is -2.29. The lowest BCUT2D eigenvalue weighted by Crippen LogP contribution is -2.34. The first-order valence-electron chi connectivity index (χ1n) is 5.10. The molecule has 2 aliphatic rings. The first kappa shape index (κ1) is 9.00. The van der Waals surface area contributed by atoms with Crippen molar-refractivity contribution in [2.24, 2.45) is 0 Å². The maximum atomic E-state index is 11.2. The van der Waals surface area contributed by atoms with Crippen LogP contribution in [0.1, 0.15) is 39.0 Å². The summed E-state index contributed by atoms with van der Waals surface area (Å²) < 4.78 is 11.1. The molecule has 0 aromatic rings. The third kappa shape index (κ3) is 2.02. The third-order valence-electron chi connectivity index (χ3n) is 2.79. The van der Waals surface area contributed by atoms with Crippen LogP contribution in [-0.4, -0.2) is 24.3 Å². The molecule has 2 fully saturated rings. The van der Waals surface area contributed by atoms with Crippen LogP contribution in [0.4, 0.5) is 0 Å². The van der Waals surface area contributed by atoms with Crippen LogP contribution in [0.2, 0.25) is 0 Å². The van der Waals surface area contributed by atoms with Gasteiger partial charge in [0.1, 0.15) is 6.10 Å². The molecule has 3 nitrogen and oxygen atoms in total. The zero-order valence-corrected chi connectivity index (χ0v) is 7.99. The van der Waals surface area contributed by atoms with Crippen LogP contribution in [0.25, 0.3) is 0 Å². The Morgan fingerprint density at radius 1 is 1.23 bits per heavy atom. The van der Waals surface area contributed by atoms with Crippen molar-refractivity contribution in [3.05, 3.63) is 0 Å². The van der Waals surface area contributed by atoms with Crippen molar-refractivity contribution < 1.29 is 14.3 Å². The average molecular weight is 184 g/mol. The largest absolute Gasteiger partial charge is 0.460 e. The monoisotopic (exact) mass is 184 g/mol. The molecule has 0 bridgehead atoms. The van der Waals surface area contributed by atoms with Gasteiger partial charge in [0.2, 0.25) is 0 Å². The number of fused-ring (bicyclic) bond motifs is 1. The molecular formula is C10H16O3. The van der Waals surface area contributed by atoms with Crippen molar-refractivity contribution in [2.45, 2.75) is 57.3 Å². The molecule has 1 saturated heterocycles. The number of carbonyl (C=O) groups excluding carboxylic acids is 1. The summed E-state index contributed by atoms with van der Waals surface area (Å²) in [5.41, 5.74) is 0. The predicted molar refractivity (Wildman–Crippen MR) is 47.3 cm³/mol. The number of ether oxygens (including phenoxy) is 2. The Bertz CT molecular complexity index is 202. The number of carbonyl (C=O) groups is 1. The molecule has 3 heteroatoms. The van der Waals surface area contributed by atoms with Gasteiger partial charge < -0.3 is 9.47 Å². The van der Waals surface area contributed by atoms with Gasteiger partial charge in [0.15, 0.2) is 0 Å². The van der Waals surface area contributed by atoms with Gasteiger partial charge in [-0.25, -0.2) is 0 Å². The van der Waals surface area contributed by atoms with Crippen LogP contribution in [-0.2, 0) is 14.3 Å².